The van der Waals surface area contributed by atoms with E-state index >= 15 is 0 Å². The molecule has 0 heterocycles. The van der Waals surface area contributed by atoms with Gasteiger partial charge in [0.25, 0.3) is 5.69 Å². The Morgan fingerprint density at radius 2 is 1.87 bits per heavy atom. The first-order valence-electron chi connectivity index (χ1n) is 9.18. The van der Waals surface area contributed by atoms with E-state index < -0.39 is 52.4 Å². The fraction of sp³-hybridized carbons (Fsp3) is 0.381. The van der Waals surface area contributed by atoms with Gasteiger partial charge < -0.3 is 14.6 Å². The molecule has 0 radical (unpaired) electrons. The number of nitrogens with zero attached hydrogens (tertiary/aromatic N) is 1. The Morgan fingerprint density at radius 1 is 1.27 bits per heavy atom. The number of carbonyl (C=O) groups excluding carboxylic acids is 3. The first kappa shape index (κ1) is 23.0. The van der Waals surface area contributed by atoms with E-state index in [1.54, 1.807) is 0 Å². The molecule has 1 N–H and O–H groups in total. The second-order valence-corrected chi connectivity index (χ2v) is 7.17. The summed E-state index contributed by atoms with van der Waals surface area (Å²) in [5.74, 6) is -6.43. The molecule has 0 saturated heterocycles. The number of esters is 2. The first-order chi connectivity index (χ1) is 14.1. The van der Waals surface area contributed by atoms with Gasteiger partial charge in [-0.1, -0.05) is 37.4 Å². The van der Waals surface area contributed by atoms with Crippen LogP contribution in [-0.4, -0.2) is 46.6 Å². The number of Topliss-reactive ketones (excluding diaryl/α,β-unsaturated/α-hetero) is 1. The summed E-state index contributed by atoms with van der Waals surface area (Å²) in [6.45, 7) is 7.89. The number of ketones is 1. The third-order valence-corrected chi connectivity index (χ3v) is 4.93. The summed E-state index contributed by atoms with van der Waals surface area (Å²) in [5, 5.41) is 22.1. The van der Waals surface area contributed by atoms with E-state index in [-0.39, 0.29) is 24.5 Å². The molecule has 1 saturated carbocycles. The fourth-order valence-electron chi connectivity index (χ4n) is 3.72. The van der Waals surface area contributed by atoms with Gasteiger partial charge in [-0.2, -0.15) is 0 Å². The SMILES string of the molecule is C=CCOC(=O)[C@@H]1C(=O)C[C@](C)(O)[C@H](C(=O)OCC=C)[C@H]1c1cccc([N+](=O)[O-])c1. The molecule has 9 heteroatoms. The zero-order valence-electron chi connectivity index (χ0n) is 16.5. The summed E-state index contributed by atoms with van der Waals surface area (Å²) >= 11 is 0. The summed E-state index contributed by atoms with van der Waals surface area (Å²) in [4.78, 5) is 48.9. The lowest BCUT2D eigenvalue weighted by Crippen LogP contribution is -2.55. The maximum absolute atomic E-state index is 12.8. The Hall–Kier alpha value is -3.33. The summed E-state index contributed by atoms with van der Waals surface area (Å²) in [5.41, 5.74) is -1.97. The average Bonchev–Trinajstić information content (AvgIpc) is 2.69. The van der Waals surface area contributed by atoms with Crippen molar-refractivity contribution in [1.82, 2.24) is 0 Å². The van der Waals surface area contributed by atoms with Crippen molar-refractivity contribution in [3.63, 3.8) is 0 Å². The average molecular weight is 417 g/mol. The molecule has 0 aliphatic heterocycles. The van der Waals surface area contributed by atoms with Crippen LogP contribution in [0, 0.1) is 22.0 Å². The molecule has 160 valence electrons. The van der Waals surface area contributed by atoms with E-state index in [0.29, 0.717) is 0 Å². The largest absolute Gasteiger partial charge is 0.461 e. The lowest BCUT2D eigenvalue weighted by Gasteiger charge is -2.43. The molecule has 0 aromatic heterocycles. The van der Waals surface area contributed by atoms with Crippen molar-refractivity contribution in [3.8, 4) is 0 Å². The summed E-state index contributed by atoms with van der Waals surface area (Å²) < 4.78 is 10.2. The number of hydrogen-bond acceptors (Lipinski definition) is 8. The summed E-state index contributed by atoms with van der Waals surface area (Å²) in [6.07, 6.45) is 2.17. The van der Waals surface area contributed by atoms with Crippen molar-refractivity contribution >= 4 is 23.4 Å². The van der Waals surface area contributed by atoms with Crippen LogP contribution in [0.2, 0.25) is 0 Å². The molecule has 0 spiro atoms. The van der Waals surface area contributed by atoms with Crippen LogP contribution in [0.25, 0.3) is 0 Å². The highest BCUT2D eigenvalue weighted by molar-refractivity contribution is 6.02. The van der Waals surface area contributed by atoms with Crippen LogP contribution >= 0.6 is 0 Å². The van der Waals surface area contributed by atoms with E-state index in [4.69, 9.17) is 9.47 Å². The normalized spacial score (nSPS) is 25.8. The van der Waals surface area contributed by atoms with E-state index in [0.717, 1.165) is 0 Å². The highest BCUT2D eigenvalue weighted by atomic mass is 16.6. The minimum atomic E-state index is -1.85. The third kappa shape index (κ3) is 4.80. The zero-order valence-corrected chi connectivity index (χ0v) is 16.5. The second kappa shape index (κ2) is 9.45. The number of non-ortho nitro benzene ring substituents is 1. The topological polar surface area (TPSA) is 133 Å². The van der Waals surface area contributed by atoms with Crippen molar-refractivity contribution in [2.45, 2.75) is 24.9 Å². The molecule has 1 aromatic carbocycles. The molecule has 1 aliphatic rings. The maximum Gasteiger partial charge on any atom is 0.317 e. The zero-order chi connectivity index (χ0) is 22.5. The quantitative estimate of drug-likeness (QED) is 0.223. The Labute approximate surface area is 173 Å². The molecule has 0 unspecified atom stereocenters. The molecule has 30 heavy (non-hydrogen) atoms. The van der Waals surface area contributed by atoms with E-state index in [1.807, 2.05) is 0 Å². The molecular formula is C21H23NO8. The summed E-state index contributed by atoms with van der Waals surface area (Å²) in [7, 11) is 0. The van der Waals surface area contributed by atoms with Crippen molar-refractivity contribution in [2.75, 3.05) is 13.2 Å². The summed E-state index contributed by atoms with van der Waals surface area (Å²) in [6, 6.07) is 5.23. The van der Waals surface area contributed by atoms with Crippen LogP contribution in [0.5, 0.6) is 0 Å². The van der Waals surface area contributed by atoms with Crippen molar-refractivity contribution in [2.24, 2.45) is 11.8 Å². The smallest absolute Gasteiger partial charge is 0.317 e. The highest BCUT2D eigenvalue weighted by Gasteiger charge is 2.57. The second-order valence-electron chi connectivity index (χ2n) is 7.17. The van der Waals surface area contributed by atoms with Crippen LogP contribution in [-0.2, 0) is 23.9 Å². The Morgan fingerprint density at radius 3 is 2.43 bits per heavy atom. The number of ether oxygens (including phenoxy) is 2. The van der Waals surface area contributed by atoms with E-state index in [1.165, 1.54) is 43.3 Å². The van der Waals surface area contributed by atoms with Crippen molar-refractivity contribution in [3.05, 3.63) is 65.3 Å². The van der Waals surface area contributed by atoms with Gasteiger partial charge in [-0.25, -0.2) is 0 Å². The molecule has 0 amide bonds. The minimum absolute atomic E-state index is 0.146. The number of carbonyl (C=O) groups is 3. The molecule has 1 aromatic rings. The van der Waals surface area contributed by atoms with Crippen LogP contribution < -0.4 is 0 Å². The van der Waals surface area contributed by atoms with Gasteiger partial charge in [-0.3, -0.25) is 24.5 Å². The van der Waals surface area contributed by atoms with Crippen LogP contribution in [0.4, 0.5) is 5.69 Å². The molecular weight excluding hydrogens is 394 g/mol. The minimum Gasteiger partial charge on any atom is -0.461 e. The van der Waals surface area contributed by atoms with Gasteiger partial charge in [-0.05, 0) is 12.5 Å². The predicted molar refractivity (Wildman–Crippen MR) is 105 cm³/mol. The first-order valence-corrected chi connectivity index (χ1v) is 9.18. The van der Waals surface area contributed by atoms with Crippen LogP contribution in [0.3, 0.4) is 0 Å². The van der Waals surface area contributed by atoms with Crippen LogP contribution in [0.1, 0.15) is 24.8 Å². The van der Waals surface area contributed by atoms with Crippen molar-refractivity contribution < 1.29 is 33.9 Å². The molecule has 1 aliphatic carbocycles. The monoisotopic (exact) mass is 417 g/mol. The number of nitro benzene ring substituents is 1. The van der Waals surface area contributed by atoms with Gasteiger partial charge in [0.05, 0.1) is 16.4 Å². The Kier molecular flexibility index (Phi) is 7.23. The third-order valence-electron chi connectivity index (χ3n) is 4.93. The Bertz CT molecular complexity index is 876. The molecule has 4 atom stereocenters. The molecule has 1 fully saturated rings. The molecule has 9 nitrogen and oxygen atoms in total. The van der Waals surface area contributed by atoms with Gasteiger partial charge in [0.15, 0.2) is 5.78 Å². The highest BCUT2D eigenvalue weighted by Crippen LogP contribution is 2.47. The lowest BCUT2D eigenvalue weighted by molar-refractivity contribution is -0.385. The Balaban J connectivity index is 2.64. The van der Waals surface area contributed by atoms with Crippen LogP contribution in [0.15, 0.2) is 49.6 Å². The number of benzene rings is 1. The van der Waals surface area contributed by atoms with E-state index in [2.05, 4.69) is 13.2 Å². The van der Waals surface area contributed by atoms with E-state index in [9.17, 15) is 29.6 Å². The maximum atomic E-state index is 12.8. The van der Waals surface area contributed by atoms with Gasteiger partial charge in [-0.15, -0.1) is 0 Å². The fourth-order valence-corrected chi connectivity index (χ4v) is 3.72. The molecule has 0 bridgehead atoms. The van der Waals surface area contributed by atoms with Gasteiger partial charge in [0.1, 0.15) is 19.1 Å². The predicted octanol–water partition coefficient (Wildman–Crippen LogP) is 2.09. The number of hydrogen-bond donors (Lipinski definition) is 1. The van der Waals surface area contributed by atoms with Gasteiger partial charge in [0.2, 0.25) is 0 Å². The number of aliphatic hydroxyl groups is 1. The lowest BCUT2D eigenvalue weighted by atomic mass is 9.61. The van der Waals surface area contributed by atoms with Crippen molar-refractivity contribution in [1.29, 1.82) is 0 Å². The van der Waals surface area contributed by atoms with Gasteiger partial charge in [0, 0.05) is 24.5 Å². The standard InChI is InChI=1S/C21H23NO8/c1-4-9-29-19(24)17-15(23)12-21(3,26)18(20(25)30-10-5-2)16(17)13-7-6-8-14(11-13)22(27)28/h4-8,11,16-18,26H,1-2,9-10,12H2,3H3/t16-,17+,18-,21-/m0/s1. The molecule has 2 rings (SSSR count). The number of nitro groups is 1. The van der Waals surface area contributed by atoms with Gasteiger partial charge >= 0.3 is 11.9 Å². The number of rotatable bonds is 8.